The molecule has 0 bridgehead atoms. The maximum absolute atomic E-state index is 11.9. The summed E-state index contributed by atoms with van der Waals surface area (Å²) in [5, 5.41) is 6.37. The molecular weight excluding hydrogens is 310 g/mol. The quantitative estimate of drug-likeness (QED) is 0.747. The molecule has 2 heterocycles. The Bertz CT molecular complexity index is 820. The van der Waals surface area contributed by atoms with Gasteiger partial charge in [-0.1, -0.05) is 5.16 Å². The van der Waals surface area contributed by atoms with E-state index in [1.807, 2.05) is 24.3 Å². The normalized spacial score (nSPS) is 10.6. The second-order valence-corrected chi connectivity index (χ2v) is 5.22. The molecule has 7 nitrogen and oxygen atoms in total. The molecule has 0 aliphatic carbocycles. The van der Waals surface area contributed by atoms with Gasteiger partial charge < -0.3 is 19.0 Å². The van der Waals surface area contributed by atoms with E-state index in [2.05, 4.69) is 15.5 Å². The number of carbonyl (C=O) groups is 1. The van der Waals surface area contributed by atoms with Gasteiger partial charge in [0.25, 0.3) is 0 Å². The van der Waals surface area contributed by atoms with E-state index in [-0.39, 0.29) is 12.3 Å². The molecular formula is C17H17N3O4. The van der Waals surface area contributed by atoms with Crippen LogP contribution in [0.15, 0.2) is 45.5 Å². The molecule has 0 unspecified atom stereocenters. The van der Waals surface area contributed by atoms with Crippen LogP contribution >= 0.6 is 0 Å². The molecule has 1 amide bonds. The molecule has 0 saturated heterocycles. The number of nitrogens with one attached hydrogen (secondary N) is 1. The molecule has 1 aromatic carbocycles. The van der Waals surface area contributed by atoms with Crippen molar-refractivity contribution in [2.45, 2.75) is 19.8 Å². The van der Waals surface area contributed by atoms with Gasteiger partial charge >= 0.3 is 0 Å². The lowest BCUT2D eigenvalue weighted by molar-refractivity contribution is -0.116. The topological polar surface area (TPSA) is 90.4 Å². The van der Waals surface area contributed by atoms with Crippen molar-refractivity contribution in [2.24, 2.45) is 0 Å². The smallest absolute Gasteiger partial charge is 0.226 e. The Hall–Kier alpha value is -3.09. The van der Waals surface area contributed by atoms with Gasteiger partial charge in [-0.05, 0) is 31.2 Å². The van der Waals surface area contributed by atoms with Crippen LogP contribution in [0.3, 0.4) is 0 Å². The van der Waals surface area contributed by atoms with Crippen molar-refractivity contribution in [3.05, 3.63) is 48.2 Å². The number of amides is 1. The monoisotopic (exact) mass is 327 g/mol. The molecule has 0 radical (unpaired) electrons. The van der Waals surface area contributed by atoms with Gasteiger partial charge in [-0.3, -0.25) is 4.79 Å². The van der Waals surface area contributed by atoms with Crippen LogP contribution < -0.4 is 10.1 Å². The highest BCUT2D eigenvalue weighted by atomic mass is 16.5. The highest BCUT2D eigenvalue weighted by molar-refractivity contribution is 5.89. The Balaban J connectivity index is 1.56. The third kappa shape index (κ3) is 3.81. The summed E-state index contributed by atoms with van der Waals surface area (Å²) < 4.78 is 15.7. The number of aromatic nitrogens is 2. The molecule has 7 heteroatoms. The van der Waals surface area contributed by atoms with E-state index in [0.717, 1.165) is 11.3 Å². The third-order valence-corrected chi connectivity index (χ3v) is 3.39. The van der Waals surface area contributed by atoms with Crippen LogP contribution in [0, 0.1) is 6.92 Å². The van der Waals surface area contributed by atoms with Gasteiger partial charge in [0.05, 0.1) is 13.3 Å². The highest BCUT2D eigenvalue weighted by Gasteiger charge is 2.10. The minimum atomic E-state index is -0.174. The van der Waals surface area contributed by atoms with Crippen molar-refractivity contribution >= 4 is 11.7 Å². The largest absolute Gasteiger partial charge is 0.497 e. The van der Waals surface area contributed by atoms with Crippen LogP contribution in [-0.4, -0.2) is 23.2 Å². The van der Waals surface area contributed by atoms with E-state index >= 15 is 0 Å². The number of hydrogen-bond donors (Lipinski definition) is 1. The lowest BCUT2D eigenvalue weighted by Gasteiger charge is -2.00. The van der Waals surface area contributed by atoms with Gasteiger partial charge in [0.1, 0.15) is 11.5 Å². The number of aryl methyl sites for hydroxylation is 2. The first-order chi connectivity index (χ1) is 11.6. The van der Waals surface area contributed by atoms with E-state index < -0.39 is 0 Å². The van der Waals surface area contributed by atoms with Gasteiger partial charge in [0.2, 0.25) is 5.91 Å². The zero-order valence-electron chi connectivity index (χ0n) is 13.4. The predicted octanol–water partition coefficient (Wildman–Crippen LogP) is 3.22. The van der Waals surface area contributed by atoms with Crippen LogP contribution in [-0.2, 0) is 11.2 Å². The van der Waals surface area contributed by atoms with Crippen LogP contribution in [0.1, 0.15) is 18.1 Å². The number of benzene rings is 1. The van der Waals surface area contributed by atoms with E-state index in [1.54, 1.807) is 26.3 Å². The molecule has 3 rings (SSSR count). The number of oxazole rings is 1. The maximum Gasteiger partial charge on any atom is 0.226 e. The summed E-state index contributed by atoms with van der Waals surface area (Å²) in [6.45, 7) is 1.76. The number of methoxy groups -OCH3 is 1. The fourth-order valence-electron chi connectivity index (χ4n) is 2.17. The molecule has 3 aromatic rings. The zero-order chi connectivity index (χ0) is 16.9. The Kier molecular flexibility index (Phi) is 4.60. The number of hydrogen-bond acceptors (Lipinski definition) is 6. The second-order valence-electron chi connectivity index (χ2n) is 5.22. The fraction of sp³-hybridized carbons (Fsp3) is 0.235. The average Bonchev–Trinajstić information content (AvgIpc) is 3.22. The summed E-state index contributed by atoms with van der Waals surface area (Å²) in [5.74, 6) is 2.81. The average molecular weight is 327 g/mol. The van der Waals surface area contributed by atoms with Crippen molar-refractivity contribution in [3.63, 3.8) is 0 Å². The maximum atomic E-state index is 11.9. The minimum Gasteiger partial charge on any atom is -0.497 e. The van der Waals surface area contributed by atoms with Crippen LogP contribution in [0.2, 0.25) is 0 Å². The van der Waals surface area contributed by atoms with Crippen molar-refractivity contribution < 1.29 is 18.5 Å². The van der Waals surface area contributed by atoms with E-state index in [4.69, 9.17) is 13.7 Å². The summed E-state index contributed by atoms with van der Waals surface area (Å²) in [6.07, 6.45) is 2.29. The predicted molar refractivity (Wildman–Crippen MR) is 86.7 cm³/mol. The summed E-state index contributed by atoms with van der Waals surface area (Å²) in [6, 6.07) is 9.14. The number of anilines is 1. The van der Waals surface area contributed by atoms with Crippen LogP contribution in [0.4, 0.5) is 5.82 Å². The molecule has 1 N–H and O–H groups in total. The van der Waals surface area contributed by atoms with Crippen molar-refractivity contribution in [2.75, 3.05) is 12.4 Å². The second kappa shape index (κ2) is 6.99. The summed E-state index contributed by atoms with van der Waals surface area (Å²) >= 11 is 0. The van der Waals surface area contributed by atoms with Crippen molar-refractivity contribution in [1.29, 1.82) is 0 Å². The SMILES string of the molecule is COc1ccc(-c2cnc(CCC(=O)Nc3cc(C)on3)o2)cc1. The summed E-state index contributed by atoms with van der Waals surface area (Å²) in [7, 11) is 1.62. The van der Waals surface area contributed by atoms with Gasteiger partial charge in [-0.2, -0.15) is 0 Å². The van der Waals surface area contributed by atoms with Gasteiger partial charge in [0.15, 0.2) is 17.5 Å². The number of rotatable bonds is 6. The molecule has 0 atom stereocenters. The standard InChI is InChI=1S/C17H17N3O4/c1-11-9-15(20-24-11)19-16(21)7-8-17-18-10-14(23-17)12-3-5-13(22-2)6-4-12/h3-6,9-10H,7-8H2,1-2H3,(H,19,20,21). The first-order valence-electron chi connectivity index (χ1n) is 7.46. The summed E-state index contributed by atoms with van der Waals surface area (Å²) in [5.41, 5.74) is 0.900. The van der Waals surface area contributed by atoms with Gasteiger partial charge in [0, 0.05) is 24.5 Å². The van der Waals surface area contributed by atoms with Crippen LogP contribution in [0.5, 0.6) is 5.75 Å². The summed E-state index contributed by atoms with van der Waals surface area (Å²) in [4.78, 5) is 16.1. The molecule has 24 heavy (non-hydrogen) atoms. The number of nitrogens with zero attached hydrogens (tertiary/aromatic N) is 2. The molecule has 0 spiro atoms. The van der Waals surface area contributed by atoms with E-state index in [0.29, 0.717) is 29.6 Å². The lowest BCUT2D eigenvalue weighted by atomic mass is 10.2. The molecule has 124 valence electrons. The van der Waals surface area contributed by atoms with Crippen LogP contribution in [0.25, 0.3) is 11.3 Å². The van der Waals surface area contributed by atoms with Crippen molar-refractivity contribution in [1.82, 2.24) is 10.1 Å². The third-order valence-electron chi connectivity index (χ3n) is 3.39. The zero-order valence-corrected chi connectivity index (χ0v) is 13.4. The first kappa shape index (κ1) is 15.8. The molecule has 0 aliphatic heterocycles. The minimum absolute atomic E-state index is 0.174. The molecule has 0 saturated carbocycles. The molecule has 0 fully saturated rings. The highest BCUT2D eigenvalue weighted by Crippen LogP contribution is 2.23. The first-order valence-corrected chi connectivity index (χ1v) is 7.46. The number of ether oxygens (including phenoxy) is 1. The van der Waals surface area contributed by atoms with Gasteiger partial charge in [-0.25, -0.2) is 4.98 Å². The Labute approximate surface area is 138 Å². The van der Waals surface area contributed by atoms with Gasteiger partial charge in [-0.15, -0.1) is 0 Å². The van der Waals surface area contributed by atoms with E-state index in [1.165, 1.54) is 0 Å². The Morgan fingerprint density at radius 3 is 2.75 bits per heavy atom. The number of carbonyl (C=O) groups excluding carboxylic acids is 1. The van der Waals surface area contributed by atoms with Crippen molar-refractivity contribution in [3.8, 4) is 17.1 Å². The molecule has 0 aliphatic rings. The lowest BCUT2D eigenvalue weighted by Crippen LogP contribution is -2.12. The Morgan fingerprint density at radius 1 is 1.29 bits per heavy atom. The Morgan fingerprint density at radius 2 is 2.08 bits per heavy atom. The van der Waals surface area contributed by atoms with E-state index in [9.17, 15) is 4.79 Å². The fourth-order valence-corrected chi connectivity index (χ4v) is 2.17. The molecule has 2 aromatic heterocycles.